The fourth-order valence-electron chi connectivity index (χ4n) is 3.18. The monoisotopic (exact) mass is 361 g/mol. The van der Waals surface area contributed by atoms with Gasteiger partial charge in [0.2, 0.25) is 5.41 Å². The Hall–Kier alpha value is -3.76. The van der Waals surface area contributed by atoms with E-state index < -0.39 is 28.7 Å². The maximum absolute atomic E-state index is 12.1. The molecule has 9 nitrogen and oxygen atoms in total. The molecule has 1 fully saturated rings. The number of carbonyl (C=O) groups excluding carboxylic acids is 2. The molecular formula is C18H11N5O4. The lowest BCUT2D eigenvalue weighted by Gasteiger charge is -2.47. The second kappa shape index (κ2) is 6.52. The van der Waals surface area contributed by atoms with Crippen molar-refractivity contribution in [2.75, 3.05) is 13.2 Å². The van der Waals surface area contributed by atoms with Crippen LogP contribution in [0.15, 0.2) is 24.3 Å². The number of carbonyl (C=O) groups is 2. The molecular weight excluding hydrogens is 350 g/mol. The third kappa shape index (κ3) is 2.35. The summed E-state index contributed by atoms with van der Waals surface area (Å²) in [4.78, 5) is 29.5. The average molecular weight is 361 g/mol. The molecule has 1 aliphatic heterocycles. The van der Waals surface area contributed by atoms with Crippen molar-refractivity contribution in [3.8, 4) is 24.3 Å². The minimum absolute atomic E-state index is 0.0892. The van der Waals surface area contributed by atoms with Crippen molar-refractivity contribution in [2.45, 2.75) is 12.5 Å². The average Bonchev–Trinajstić information content (AvgIpc) is 2.93. The largest absolute Gasteiger partial charge is 0.373 e. The Labute approximate surface area is 154 Å². The summed E-state index contributed by atoms with van der Waals surface area (Å²) in [5.41, 5.74) is -3.16. The lowest BCUT2D eigenvalue weighted by molar-refractivity contribution is -0.147. The summed E-state index contributed by atoms with van der Waals surface area (Å²) >= 11 is 0. The number of hydrogen-bond donors (Lipinski definition) is 0. The van der Waals surface area contributed by atoms with Crippen molar-refractivity contribution in [3.05, 3.63) is 35.4 Å². The minimum atomic E-state index is -1.90. The molecule has 1 atom stereocenters. The zero-order valence-electron chi connectivity index (χ0n) is 13.9. The number of rotatable bonds is 5. The van der Waals surface area contributed by atoms with Gasteiger partial charge in [0.1, 0.15) is 0 Å². The Morgan fingerprint density at radius 1 is 0.963 bits per heavy atom. The van der Waals surface area contributed by atoms with Gasteiger partial charge in [-0.1, -0.05) is 12.1 Å². The SMILES string of the molecule is N#CC1(C#N)CC(OCCON2C(=O)c3ccccc3C2=O)C1(C#N)C#N. The van der Waals surface area contributed by atoms with Crippen LogP contribution in [0.3, 0.4) is 0 Å². The molecule has 1 aromatic carbocycles. The third-order valence-electron chi connectivity index (χ3n) is 4.76. The van der Waals surface area contributed by atoms with Gasteiger partial charge in [-0.05, 0) is 12.1 Å². The molecule has 0 bridgehead atoms. The first-order chi connectivity index (χ1) is 13.0. The molecule has 0 N–H and O–H groups in total. The molecule has 9 heteroatoms. The molecule has 0 saturated heterocycles. The smallest absolute Gasteiger partial charge is 0.285 e. The Kier molecular flexibility index (Phi) is 4.35. The number of imide groups is 1. The molecule has 3 rings (SSSR count). The first-order valence-electron chi connectivity index (χ1n) is 7.87. The summed E-state index contributed by atoms with van der Waals surface area (Å²) in [6.07, 6.45) is -1.04. The molecule has 1 unspecified atom stereocenters. The molecule has 0 spiro atoms. The number of benzene rings is 1. The van der Waals surface area contributed by atoms with E-state index in [1.165, 1.54) is 12.1 Å². The lowest BCUT2D eigenvalue weighted by Crippen LogP contribution is -2.60. The van der Waals surface area contributed by atoms with E-state index in [-0.39, 0.29) is 30.8 Å². The summed E-state index contributed by atoms with van der Waals surface area (Å²) in [7, 11) is 0. The predicted octanol–water partition coefficient (Wildman–Crippen LogP) is 1.07. The van der Waals surface area contributed by atoms with Gasteiger partial charge >= 0.3 is 0 Å². The first-order valence-corrected chi connectivity index (χ1v) is 7.87. The molecule has 1 saturated carbocycles. The van der Waals surface area contributed by atoms with E-state index in [0.717, 1.165) is 0 Å². The molecule has 0 aromatic heterocycles. The van der Waals surface area contributed by atoms with Crippen molar-refractivity contribution in [3.63, 3.8) is 0 Å². The number of nitrogens with zero attached hydrogens (tertiary/aromatic N) is 5. The van der Waals surface area contributed by atoms with Crippen LogP contribution in [0.4, 0.5) is 0 Å². The van der Waals surface area contributed by atoms with Gasteiger partial charge < -0.3 is 4.74 Å². The highest BCUT2D eigenvalue weighted by Crippen LogP contribution is 2.57. The Morgan fingerprint density at radius 2 is 1.52 bits per heavy atom. The van der Waals surface area contributed by atoms with Crippen molar-refractivity contribution >= 4 is 11.8 Å². The highest BCUT2D eigenvalue weighted by Gasteiger charge is 2.70. The fraction of sp³-hybridized carbons (Fsp3) is 0.333. The maximum atomic E-state index is 12.1. The second-order valence-corrected chi connectivity index (χ2v) is 6.01. The zero-order valence-corrected chi connectivity index (χ0v) is 13.9. The van der Waals surface area contributed by atoms with Gasteiger partial charge in [0.25, 0.3) is 11.8 Å². The summed E-state index contributed by atoms with van der Waals surface area (Å²) in [6.45, 7) is -0.336. The summed E-state index contributed by atoms with van der Waals surface area (Å²) in [5.74, 6) is -1.17. The van der Waals surface area contributed by atoms with E-state index in [2.05, 4.69) is 0 Å². The zero-order chi connectivity index (χ0) is 19.7. The fourth-order valence-corrected chi connectivity index (χ4v) is 3.18. The van der Waals surface area contributed by atoms with Gasteiger partial charge in [0, 0.05) is 6.42 Å². The van der Waals surface area contributed by atoms with E-state index in [9.17, 15) is 30.6 Å². The molecule has 1 aromatic rings. The molecule has 1 aliphatic carbocycles. The highest BCUT2D eigenvalue weighted by molar-refractivity contribution is 6.20. The summed E-state index contributed by atoms with van der Waals surface area (Å²) < 4.78 is 5.42. The van der Waals surface area contributed by atoms with Crippen LogP contribution in [-0.4, -0.2) is 36.2 Å². The molecule has 0 radical (unpaired) electrons. The molecule has 2 aliphatic rings. The van der Waals surface area contributed by atoms with E-state index >= 15 is 0 Å². The van der Waals surface area contributed by atoms with Gasteiger partial charge in [-0.3, -0.25) is 14.4 Å². The van der Waals surface area contributed by atoms with Crippen LogP contribution in [0.2, 0.25) is 0 Å². The number of hydrogen-bond acceptors (Lipinski definition) is 8. The Balaban J connectivity index is 1.58. The van der Waals surface area contributed by atoms with Gasteiger partial charge in [-0.25, -0.2) is 0 Å². The van der Waals surface area contributed by atoms with Crippen LogP contribution in [0, 0.1) is 56.2 Å². The molecule has 2 amide bonds. The van der Waals surface area contributed by atoms with Crippen LogP contribution < -0.4 is 0 Å². The van der Waals surface area contributed by atoms with Crippen molar-refractivity contribution in [2.24, 2.45) is 10.8 Å². The van der Waals surface area contributed by atoms with Gasteiger partial charge in [0.05, 0.1) is 54.7 Å². The van der Waals surface area contributed by atoms with Crippen LogP contribution in [0.5, 0.6) is 0 Å². The van der Waals surface area contributed by atoms with E-state index in [1.54, 1.807) is 36.4 Å². The quantitative estimate of drug-likeness (QED) is 0.558. The number of fused-ring (bicyclic) bond motifs is 1. The minimum Gasteiger partial charge on any atom is -0.373 e. The van der Waals surface area contributed by atoms with E-state index in [0.29, 0.717) is 5.06 Å². The van der Waals surface area contributed by atoms with E-state index in [4.69, 9.17) is 9.57 Å². The number of amides is 2. The van der Waals surface area contributed by atoms with Crippen molar-refractivity contribution in [1.82, 2.24) is 5.06 Å². The summed E-state index contributed by atoms with van der Waals surface area (Å²) in [6, 6.07) is 13.2. The maximum Gasteiger partial charge on any atom is 0.285 e. The highest BCUT2D eigenvalue weighted by atomic mass is 16.7. The van der Waals surface area contributed by atoms with E-state index in [1.807, 2.05) is 0 Å². The number of hydroxylamine groups is 2. The topological polar surface area (TPSA) is 151 Å². The van der Waals surface area contributed by atoms with Crippen LogP contribution >= 0.6 is 0 Å². The van der Waals surface area contributed by atoms with Gasteiger partial charge in [0.15, 0.2) is 5.41 Å². The molecule has 132 valence electrons. The number of nitriles is 4. The lowest BCUT2D eigenvalue weighted by atomic mass is 9.50. The number of ether oxygens (including phenoxy) is 1. The molecule has 27 heavy (non-hydrogen) atoms. The Bertz CT molecular complexity index is 928. The first kappa shape index (κ1) is 18.0. The van der Waals surface area contributed by atoms with Gasteiger partial charge in [-0.2, -0.15) is 21.0 Å². The van der Waals surface area contributed by atoms with Crippen molar-refractivity contribution < 1.29 is 19.2 Å². The predicted molar refractivity (Wildman–Crippen MR) is 84.6 cm³/mol. The van der Waals surface area contributed by atoms with Gasteiger partial charge in [-0.15, -0.1) is 5.06 Å². The molecule has 1 heterocycles. The summed E-state index contributed by atoms with van der Waals surface area (Å²) in [5, 5.41) is 37.6. The standard InChI is InChI=1S/C18H11N5O4/c19-8-17(9-20)7-14(18(17,10-21)11-22)26-5-6-27-23-15(24)12-3-1-2-4-13(12)16(23)25/h1-4,14H,5-7H2. The van der Waals surface area contributed by atoms with Crippen molar-refractivity contribution in [1.29, 1.82) is 21.0 Å². The van der Waals surface area contributed by atoms with Crippen LogP contribution in [0.25, 0.3) is 0 Å². The van der Waals surface area contributed by atoms with Crippen LogP contribution in [0.1, 0.15) is 27.1 Å². The second-order valence-electron chi connectivity index (χ2n) is 6.01. The Morgan fingerprint density at radius 3 is 2.00 bits per heavy atom. The third-order valence-corrected chi connectivity index (χ3v) is 4.76. The normalized spacial score (nSPS) is 21.2. The van der Waals surface area contributed by atoms with Crippen LogP contribution in [-0.2, 0) is 9.57 Å².